The fraction of sp³-hybridized carbons (Fsp3) is 0.720. The lowest BCUT2D eigenvalue weighted by Gasteiger charge is -2.39. The monoisotopic (exact) mass is 367 g/mol. The number of piperidine rings is 1. The van der Waals surface area contributed by atoms with E-state index in [2.05, 4.69) is 23.1 Å². The quantitative estimate of drug-likeness (QED) is 0.413. The molecule has 2 heterocycles. The molecule has 3 aliphatic rings. The third kappa shape index (κ3) is 4.65. The molecular weight excluding hydrogens is 330 g/mol. The Morgan fingerprint density at radius 3 is 2.44 bits per heavy atom. The maximum Gasteiger partial charge on any atom is 0.159 e. The van der Waals surface area contributed by atoms with Gasteiger partial charge in [0, 0.05) is 17.6 Å². The van der Waals surface area contributed by atoms with Crippen LogP contribution in [-0.2, 0) is 0 Å². The van der Waals surface area contributed by atoms with Crippen LogP contribution in [0.5, 0.6) is 0 Å². The van der Waals surface area contributed by atoms with Crippen molar-refractivity contribution in [1.29, 1.82) is 0 Å². The van der Waals surface area contributed by atoms with E-state index in [1.54, 1.807) is 6.92 Å². The zero-order valence-corrected chi connectivity index (χ0v) is 17.2. The topological polar surface area (TPSA) is 20.3 Å². The standard InChI is InChI=1S/C25H37NO/c1-19(27)21-11-7-12-22(16-21)23-17-24-13-14-25(18-23)26(24)15-6-5-10-20-8-3-2-4-9-20/h7,11-12,16,20,23-25H,2-6,8-10,13-15,17-18H2,1H3/t23?,24-,25+. The van der Waals surface area contributed by atoms with Crippen LogP contribution in [0.1, 0.15) is 106 Å². The molecule has 1 aromatic rings. The normalized spacial score (nSPS) is 29.1. The molecular formula is C25H37NO. The van der Waals surface area contributed by atoms with Crippen LogP contribution < -0.4 is 0 Å². The zero-order chi connectivity index (χ0) is 18.6. The highest BCUT2D eigenvalue weighted by atomic mass is 16.1. The van der Waals surface area contributed by atoms with Gasteiger partial charge in [-0.05, 0) is 69.0 Å². The minimum Gasteiger partial charge on any atom is -0.297 e. The number of hydrogen-bond donors (Lipinski definition) is 0. The van der Waals surface area contributed by atoms with Crippen molar-refractivity contribution in [1.82, 2.24) is 4.90 Å². The van der Waals surface area contributed by atoms with E-state index in [0.717, 1.165) is 23.6 Å². The minimum atomic E-state index is 0.190. The Balaban J connectivity index is 1.27. The fourth-order valence-electron chi connectivity index (χ4n) is 6.13. The number of carbonyl (C=O) groups is 1. The minimum absolute atomic E-state index is 0.190. The van der Waals surface area contributed by atoms with Gasteiger partial charge >= 0.3 is 0 Å². The summed E-state index contributed by atoms with van der Waals surface area (Å²) >= 11 is 0. The second kappa shape index (κ2) is 8.90. The molecule has 2 heteroatoms. The summed E-state index contributed by atoms with van der Waals surface area (Å²) in [6, 6.07) is 10.0. The van der Waals surface area contributed by atoms with E-state index in [4.69, 9.17) is 0 Å². The Bertz CT molecular complexity index is 619. The molecule has 1 aliphatic carbocycles. The largest absolute Gasteiger partial charge is 0.297 e. The summed E-state index contributed by atoms with van der Waals surface area (Å²) in [5, 5.41) is 0. The molecule has 0 spiro atoms. The summed E-state index contributed by atoms with van der Waals surface area (Å²) in [6.07, 6.45) is 17.1. The van der Waals surface area contributed by atoms with Gasteiger partial charge in [-0.15, -0.1) is 0 Å². The Hall–Kier alpha value is -1.15. The Kier molecular flexibility index (Phi) is 6.32. The number of benzene rings is 1. The maximum absolute atomic E-state index is 11.7. The summed E-state index contributed by atoms with van der Waals surface area (Å²) in [4.78, 5) is 14.6. The van der Waals surface area contributed by atoms with E-state index < -0.39 is 0 Å². The molecule has 2 saturated heterocycles. The summed E-state index contributed by atoms with van der Waals surface area (Å²) in [6.45, 7) is 3.00. The van der Waals surface area contributed by atoms with Crippen molar-refractivity contribution in [2.45, 2.75) is 102 Å². The van der Waals surface area contributed by atoms with Crippen molar-refractivity contribution < 1.29 is 4.79 Å². The highest BCUT2D eigenvalue weighted by Crippen LogP contribution is 2.43. The maximum atomic E-state index is 11.7. The summed E-state index contributed by atoms with van der Waals surface area (Å²) in [5.41, 5.74) is 2.28. The fourth-order valence-corrected chi connectivity index (χ4v) is 6.13. The van der Waals surface area contributed by atoms with Crippen molar-refractivity contribution in [3.05, 3.63) is 35.4 Å². The lowest BCUT2D eigenvalue weighted by Crippen LogP contribution is -2.42. The predicted molar refractivity (Wildman–Crippen MR) is 112 cm³/mol. The third-order valence-corrected chi connectivity index (χ3v) is 7.65. The highest BCUT2D eigenvalue weighted by molar-refractivity contribution is 5.94. The third-order valence-electron chi connectivity index (χ3n) is 7.65. The average molecular weight is 368 g/mol. The van der Waals surface area contributed by atoms with E-state index in [9.17, 15) is 4.79 Å². The second-order valence-electron chi connectivity index (χ2n) is 9.47. The van der Waals surface area contributed by atoms with E-state index in [-0.39, 0.29) is 5.78 Å². The van der Waals surface area contributed by atoms with Gasteiger partial charge in [0.1, 0.15) is 0 Å². The average Bonchev–Trinajstić information content (AvgIpc) is 2.93. The Labute approximate surface area is 165 Å². The van der Waals surface area contributed by atoms with Crippen molar-refractivity contribution in [3.8, 4) is 0 Å². The molecule has 2 bridgehead atoms. The SMILES string of the molecule is CC(=O)c1cccc(C2C[C@H]3CC[C@@H](C2)N3CCCCC2CCCCC2)c1. The molecule has 0 amide bonds. The number of fused-ring (bicyclic) bond motifs is 2. The van der Waals surface area contributed by atoms with Crippen LogP contribution >= 0.6 is 0 Å². The molecule has 1 aromatic carbocycles. The number of unbranched alkanes of at least 4 members (excludes halogenated alkanes) is 1. The molecule has 27 heavy (non-hydrogen) atoms. The van der Waals surface area contributed by atoms with Gasteiger partial charge in [-0.25, -0.2) is 0 Å². The molecule has 3 fully saturated rings. The smallest absolute Gasteiger partial charge is 0.159 e. The predicted octanol–water partition coefficient (Wildman–Crippen LogP) is 6.35. The number of carbonyl (C=O) groups excluding carboxylic acids is 1. The van der Waals surface area contributed by atoms with Crippen LogP contribution in [0.2, 0.25) is 0 Å². The number of ketones is 1. The summed E-state index contributed by atoms with van der Waals surface area (Å²) < 4.78 is 0. The van der Waals surface area contributed by atoms with E-state index in [1.165, 1.54) is 89.2 Å². The molecule has 0 aromatic heterocycles. The van der Waals surface area contributed by atoms with E-state index >= 15 is 0 Å². The van der Waals surface area contributed by atoms with Crippen LogP contribution in [0.3, 0.4) is 0 Å². The Morgan fingerprint density at radius 2 is 1.74 bits per heavy atom. The number of Topliss-reactive ketones (excluding diaryl/α,β-unsaturated/α-hetero) is 1. The van der Waals surface area contributed by atoms with Crippen molar-refractivity contribution >= 4 is 5.78 Å². The van der Waals surface area contributed by atoms with Gasteiger partial charge in [0.15, 0.2) is 5.78 Å². The molecule has 0 radical (unpaired) electrons. The molecule has 4 rings (SSSR count). The van der Waals surface area contributed by atoms with Crippen LogP contribution in [0, 0.1) is 5.92 Å². The van der Waals surface area contributed by atoms with Crippen LogP contribution in [0.4, 0.5) is 0 Å². The first-order chi connectivity index (χ1) is 13.2. The van der Waals surface area contributed by atoms with Crippen LogP contribution in [0.15, 0.2) is 24.3 Å². The molecule has 2 nitrogen and oxygen atoms in total. The number of rotatable bonds is 7. The molecule has 3 atom stereocenters. The first kappa shape index (κ1) is 19.2. The van der Waals surface area contributed by atoms with Gasteiger partial charge in [-0.1, -0.05) is 63.1 Å². The van der Waals surface area contributed by atoms with Crippen LogP contribution in [0.25, 0.3) is 0 Å². The lowest BCUT2D eigenvalue weighted by molar-refractivity contribution is 0.101. The zero-order valence-electron chi connectivity index (χ0n) is 17.2. The van der Waals surface area contributed by atoms with E-state index in [0.29, 0.717) is 5.92 Å². The lowest BCUT2D eigenvalue weighted by atomic mass is 9.84. The van der Waals surface area contributed by atoms with E-state index in [1.807, 2.05) is 6.07 Å². The second-order valence-corrected chi connectivity index (χ2v) is 9.47. The first-order valence-electron chi connectivity index (χ1n) is 11.6. The molecule has 0 N–H and O–H groups in total. The van der Waals surface area contributed by atoms with Gasteiger partial charge in [0.25, 0.3) is 0 Å². The van der Waals surface area contributed by atoms with Gasteiger partial charge in [-0.2, -0.15) is 0 Å². The molecule has 148 valence electrons. The van der Waals surface area contributed by atoms with Crippen molar-refractivity contribution in [2.24, 2.45) is 5.92 Å². The van der Waals surface area contributed by atoms with Gasteiger partial charge in [0.2, 0.25) is 0 Å². The first-order valence-corrected chi connectivity index (χ1v) is 11.6. The van der Waals surface area contributed by atoms with Crippen molar-refractivity contribution in [2.75, 3.05) is 6.54 Å². The molecule has 1 saturated carbocycles. The number of hydrogen-bond acceptors (Lipinski definition) is 2. The van der Waals surface area contributed by atoms with Crippen molar-refractivity contribution in [3.63, 3.8) is 0 Å². The van der Waals surface area contributed by atoms with Gasteiger partial charge in [0.05, 0.1) is 0 Å². The van der Waals surface area contributed by atoms with Gasteiger partial charge in [-0.3, -0.25) is 9.69 Å². The summed E-state index contributed by atoms with van der Waals surface area (Å²) in [7, 11) is 0. The molecule has 2 aliphatic heterocycles. The highest BCUT2D eigenvalue weighted by Gasteiger charge is 2.40. The number of nitrogens with zero attached hydrogens (tertiary/aromatic N) is 1. The molecule has 1 unspecified atom stereocenters. The Morgan fingerprint density at radius 1 is 1.00 bits per heavy atom. The summed E-state index contributed by atoms with van der Waals surface area (Å²) in [5.74, 6) is 1.88. The van der Waals surface area contributed by atoms with Gasteiger partial charge < -0.3 is 0 Å². The van der Waals surface area contributed by atoms with Crippen LogP contribution in [-0.4, -0.2) is 29.3 Å².